The monoisotopic (exact) mass is 160 g/mol. The van der Waals surface area contributed by atoms with Gasteiger partial charge in [-0.15, -0.1) is 0 Å². The van der Waals surface area contributed by atoms with Gasteiger partial charge < -0.3 is 5.73 Å². The number of nitrogens with two attached hydrogens (primary N) is 1. The Kier molecular flexibility index (Phi) is 2.84. The van der Waals surface area contributed by atoms with Crippen LogP contribution in [-0.2, 0) is 0 Å². The Morgan fingerprint density at radius 2 is 2.17 bits per heavy atom. The molecule has 0 fully saturated rings. The van der Waals surface area contributed by atoms with Crippen molar-refractivity contribution in [1.29, 1.82) is 5.26 Å². The van der Waals surface area contributed by atoms with Crippen LogP contribution in [0.5, 0.6) is 0 Å². The second-order valence-corrected chi connectivity index (χ2v) is 2.83. The second-order valence-electron chi connectivity index (χ2n) is 2.83. The fraction of sp³-hybridized carbons (Fsp3) is 0.300. The van der Waals surface area contributed by atoms with Gasteiger partial charge in [-0.05, 0) is 18.1 Å². The molecule has 12 heavy (non-hydrogen) atoms. The van der Waals surface area contributed by atoms with Gasteiger partial charge in [0.05, 0.1) is 12.5 Å². The molecule has 0 saturated heterocycles. The average Bonchev–Trinajstić information content (AvgIpc) is 2.05. The number of aryl methyl sites for hydroxylation is 1. The SMILES string of the molecule is Cc1ccccc1C(N)CC#N. The summed E-state index contributed by atoms with van der Waals surface area (Å²) in [6.45, 7) is 2.01. The fourth-order valence-corrected chi connectivity index (χ4v) is 1.21. The number of rotatable bonds is 2. The lowest BCUT2D eigenvalue weighted by Gasteiger charge is -2.10. The van der Waals surface area contributed by atoms with Gasteiger partial charge in [0, 0.05) is 6.04 Å². The van der Waals surface area contributed by atoms with Crippen molar-refractivity contribution in [2.24, 2.45) is 5.73 Å². The zero-order chi connectivity index (χ0) is 8.97. The lowest BCUT2D eigenvalue weighted by molar-refractivity contribution is 0.742. The predicted octanol–water partition coefficient (Wildman–Crippen LogP) is 1.91. The zero-order valence-electron chi connectivity index (χ0n) is 7.12. The van der Waals surface area contributed by atoms with Crippen LogP contribution in [0.2, 0.25) is 0 Å². The molecule has 1 atom stereocenters. The second kappa shape index (κ2) is 3.89. The maximum Gasteiger partial charge on any atom is 0.0641 e. The third kappa shape index (κ3) is 1.84. The number of hydrogen-bond acceptors (Lipinski definition) is 2. The fourth-order valence-electron chi connectivity index (χ4n) is 1.21. The number of benzene rings is 1. The first-order valence-corrected chi connectivity index (χ1v) is 3.93. The van der Waals surface area contributed by atoms with Gasteiger partial charge in [0.2, 0.25) is 0 Å². The summed E-state index contributed by atoms with van der Waals surface area (Å²) in [6.07, 6.45) is 0.380. The predicted molar refractivity (Wildman–Crippen MR) is 48.3 cm³/mol. The Morgan fingerprint density at radius 3 is 2.75 bits per heavy atom. The van der Waals surface area contributed by atoms with Crippen molar-refractivity contribution in [1.82, 2.24) is 0 Å². The van der Waals surface area contributed by atoms with E-state index in [9.17, 15) is 0 Å². The Hall–Kier alpha value is -1.33. The Bertz CT molecular complexity index is 299. The molecule has 2 heteroatoms. The summed E-state index contributed by atoms with van der Waals surface area (Å²) in [6, 6.07) is 9.82. The van der Waals surface area contributed by atoms with Gasteiger partial charge in [0.1, 0.15) is 0 Å². The molecular formula is C10H12N2. The normalized spacial score (nSPS) is 12.1. The van der Waals surface area contributed by atoms with Crippen LogP contribution in [0.15, 0.2) is 24.3 Å². The van der Waals surface area contributed by atoms with Gasteiger partial charge in [0.25, 0.3) is 0 Å². The van der Waals surface area contributed by atoms with E-state index in [-0.39, 0.29) is 6.04 Å². The molecule has 0 aliphatic heterocycles. The quantitative estimate of drug-likeness (QED) is 0.718. The smallest absolute Gasteiger partial charge is 0.0641 e. The van der Waals surface area contributed by atoms with Gasteiger partial charge in [-0.25, -0.2) is 0 Å². The summed E-state index contributed by atoms with van der Waals surface area (Å²) < 4.78 is 0. The number of hydrogen-bond donors (Lipinski definition) is 1. The molecule has 62 valence electrons. The van der Waals surface area contributed by atoms with Crippen LogP contribution >= 0.6 is 0 Å². The van der Waals surface area contributed by atoms with E-state index in [1.54, 1.807) is 0 Å². The summed E-state index contributed by atoms with van der Waals surface area (Å²) in [4.78, 5) is 0. The summed E-state index contributed by atoms with van der Waals surface area (Å²) in [7, 11) is 0. The standard InChI is InChI=1S/C10H12N2/c1-8-4-2-3-5-9(8)10(12)6-7-11/h2-5,10H,6,12H2,1H3. The summed E-state index contributed by atoms with van der Waals surface area (Å²) >= 11 is 0. The molecule has 2 N–H and O–H groups in total. The topological polar surface area (TPSA) is 49.8 Å². The molecule has 0 spiro atoms. The Balaban J connectivity index is 2.88. The van der Waals surface area contributed by atoms with Crippen LogP contribution in [0.25, 0.3) is 0 Å². The van der Waals surface area contributed by atoms with Crippen molar-refractivity contribution < 1.29 is 0 Å². The van der Waals surface area contributed by atoms with Gasteiger partial charge >= 0.3 is 0 Å². The summed E-state index contributed by atoms with van der Waals surface area (Å²) in [5.41, 5.74) is 8.01. The molecule has 0 radical (unpaired) electrons. The Morgan fingerprint density at radius 1 is 1.50 bits per heavy atom. The molecule has 1 aromatic carbocycles. The molecule has 0 aliphatic carbocycles. The Labute approximate surface area is 72.6 Å². The third-order valence-electron chi connectivity index (χ3n) is 1.90. The maximum atomic E-state index is 8.46. The highest BCUT2D eigenvalue weighted by molar-refractivity contribution is 5.28. The summed E-state index contributed by atoms with van der Waals surface area (Å²) in [5.74, 6) is 0. The van der Waals surface area contributed by atoms with Gasteiger partial charge in [-0.2, -0.15) is 5.26 Å². The van der Waals surface area contributed by atoms with E-state index in [0.717, 1.165) is 11.1 Å². The van der Waals surface area contributed by atoms with Gasteiger partial charge in [0.15, 0.2) is 0 Å². The van der Waals surface area contributed by atoms with E-state index in [0.29, 0.717) is 6.42 Å². The highest BCUT2D eigenvalue weighted by atomic mass is 14.6. The lowest BCUT2D eigenvalue weighted by atomic mass is 10.0. The van der Waals surface area contributed by atoms with Crippen LogP contribution in [-0.4, -0.2) is 0 Å². The van der Waals surface area contributed by atoms with E-state index < -0.39 is 0 Å². The van der Waals surface area contributed by atoms with Crippen LogP contribution in [0.1, 0.15) is 23.6 Å². The molecule has 0 saturated carbocycles. The molecule has 1 aromatic rings. The molecular weight excluding hydrogens is 148 g/mol. The number of nitrogens with zero attached hydrogens (tertiary/aromatic N) is 1. The molecule has 2 nitrogen and oxygen atoms in total. The van der Waals surface area contributed by atoms with E-state index in [1.807, 2.05) is 31.2 Å². The average molecular weight is 160 g/mol. The number of nitriles is 1. The first kappa shape index (κ1) is 8.76. The zero-order valence-corrected chi connectivity index (χ0v) is 7.12. The van der Waals surface area contributed by atoms with E-state index >= 15 is 0 Å². The molecule has 0 heterocycles. The first-order chi connectivity index (χ1) is 5.75. The molecule has 0 amide bonds. The lowest BCUT2D eigenvalue weighted by Crippen LogP contribution is -2.10. The van der Waals surface area contributed by atoms with E-state index in [4.69, 9.17) is 11.0 Å². The highest BCUT2D eigenvalue weighted by Gasteiger charge is 2.06. The van der Waals surface area contributed by atoms with Crippen molar-refractivity contribution in [3.05, 3.63) is 35.4 Å². The minimum atomic E-state index is -0.142. The van der Waals surface area contributed by atoms with E-state index in [1.165, 1.54) is 0 Å². The molecule has 1 unspecified atom stereocenters. The van der Waals surface area contributed by atoms with E-state index in [2.05, 4.69) is 6.07 Å². The van der Waals surface area contributed by atoms with Gasteiger partial charge in [-0.1, -0.05) is 24.3 Å². The van der Waals surface area contributed by atoms with Crippen LogP contribution in [0.3, 0.4) is 0 Å². The molecule has 0 aromatic heterocycles. The van der Waals surface area contributed by atoms with Crippen molar-refractivity contribution in [2.75, 3.05) is 0 Å². The van der Waals surface area contributed by atoms with Crippen LogP contribution in [0.4, 0.5) is 0 Å². The molecule has 1 rings (SSSR count). The largest absolute Gasteiger partial charge is 0.323 e. The van der Waals surface area contributed by atoms with Crippen molar-refractivity contribution in [2.45, 2.75) is 19.4 Å². The van der Waals surface area contributed by atoms with Crippen LogP contribution in [0, 0.1) is 18.3 Å². The van der Waals surface area contributed by atoms with Crippen molar-refractivity contribution >= 4 is 0 Å². The minimum absolute atomic E-state index is 0.142. The molecule has 0 bridgehead atoms. The van der Waals surface area contributed by atoms with Crippen LogP contribution < -0.4 is 5.73 Å². The highest BCUT2D eigenvalue weighted by Crippen LogP contribution is 2.16. The molecule has 0 aliphatic rings. The minimum Gasteiger partial charge on any atom is -0.323 e. The van der Waals surface area contributed by atoms with Crippen molar-refractivity contribution in [3.63, 3.8) is 0 Å². The summed E-state index contributed by atoms with van der Waals surface area (Å²) in [5, 5.41) is 8.46. The van der Waals surface area contributed by atoms with Gasteiger partial charge in [-0.3, -0.25) is 0 Å². The van der Waals surface area contributed by atoms with Crippen molar-refractivity contribution in [3.8, 4) is 6.07 Å². The first-order valence-electron chi connectivity index (χ1n) is 3.93. The maximum absolute atomic E-state index is 8.46. The third-order valence-corrected chi connectivity index (χ3v) is 1.90.